The largest absolute Gasteiger partial charge is 0.381 e. The number of hydrogen-bond acceptors (Lipinski definition) is 2. The summed E-state index contributed by atoms with van der Waals surface area (Å²) in [5.74, 6) is 0.110. The van der Waals surface area contributed by atoms with Gasteiger partial charge in [0.05, 0.1) is 12.5 Å². The molecule has 104 valence electrons. The van der Waals surface area contributed by atoms with Crippen molar-refractivity contribution in [2.24, 2.45) is 5.92 Å². The van der Waals surface area contributed by atoms with Gasteiger partial charge in [-0.1, -0.05) is 32.0 Å². The number of carbonyl (C=O) groups excluding carboxylic acids is 1. The van der Waals surface area contributed by atoms with Crippen LogP contribution in [0.25, 0.3) is 0 Å². The van der Waals surface area contributed by atoms with Crippen LogP contribution in [0.5, 0.6) is 0 Å². The fraction of sp³-hybridized carbons (Fsp3) is 0.562. The van der Waals surface area contributed by atoms with Crippen molar-refractivity contribution in [3.8, 4) is 0 Å². The number of carbonyl (C=O) groups is 1. The highest BCUT2D eigenvalue weighted by Crippen LogP contribution is 2.24. The number of para-hydroxylation sites is 1. The van der Waals surface area contributed by atoms with Crippen LogP contribution in [0.4, 0.5) is 5.69 Å². The molecule has 0 spiro atoms. The number of aryl methyl sites for hydroxylation is 2. The average molecular weight is 261 g/mol. The number of hydrogen-bond donors (Lipinski definition) is 1. The molecule has 1 atom stereocenters. The summed E-state index contributed by atoms with van der Waals surface area (Å²) in [6.45, 7) is 5.58. The van der Waals surface area contributed by atoms with Gasteiger partial charge in [-0.2, -0.15) is 0 Å². The van der Waals surface area contributed by atoms with E-state index in [1.54, 1.807) is 0 Å². The number of rotatable bonds is 4. The molecule has 1 fully saturated rings. The molecule has 1 saturated heterocycles. The molecule has 1 heterocycles. The van der Waals surface area contributed by atoms with Crippen LogP contribution in [0.1, 0.15) is 37.8 Å². The topological polar surface area (TPSA) is 38.3 Å². The molecule has 1 N–H and O–H groups in total. The zero-order valence-electron chi connectivity index (χ0n) is 11.9. The van der Waals surface area contributed by atoms with Gasteiger partial charge in [0.1, 0.15) is 0 Å². The second kappa shape index (κ2) is 6.71. The van der Waals surface area contributed by atoms with Gasteiger partial charge < -0.3 is 10.1 Å². The SMILES string of the molecule is CCc1cccc(CC)c1NC(=O)C1CCCOC1. The zero-order valence-corrected chi connectivity index (χ0v) is 11.9. The lowest BCUT2D eigenvalue weighted by Crippen LogP contribution is -2.30. The third kappa shape index (κ3) is 3.35. The summed E-state index contributed by atoms with van der Waals surface area (Å²) in [5.41, 5.74) is 3.44. The van der Waals surface area contributed by atoms with Crippen molar-refractivity contribution >= 4 is 11.6 Å². The predicted molar refractivity (Wildman–Crippen MR) is 77.4 cm³/mol. The van der Waals surface area contributed by atoms with Crippen molar-refractivity contribution < 1.29 is 9.53 Å². The van der Waals surface area contributed by atoms with E-state index in [0.29, 0.717) is 6.61 Å². The summed E-state index contributed by atoms with van der Waals surface area (Å²) < 4.78 is 5.39. The van der Waals surface area contributed by atoms with Gasteiger partial charge in [-0.25, -0.2) is 0 Å². The highest BCUT2D eigenvalue weighted by atomic mass is 16.5. The molecule has 0 aliphatic carbocycles. The Labute approximate surface area is 115 Å². The number of benzene rings is 1. The van der Waals surface area contributed by atoms with E-state index in [1.165, 1.54) is 11.1 Å². The van der Waals surface area contributed by atoms with Gasteiger partial charge in [-0.15, -0.1) is 0 Å². The van der Waals surface area contributed by atoms with E-state index < -0.39 is 0 Å². The molecule has 1 unspecified atom stereocenters. The zero-order chi connectivity index (χ0) is 13.7. The van der Waals surface area contributed by atoms with Crippen molar-refractivity contribution in [3.63, 3.8) is 0 Å². The lowest BCUT2D eigenvalue weighted by Gasteiger charge is -2.23. The van der Waals surface area contributed by atoms with Gasteiger partial charge >= 0.3 is 0 Å². The third-order valence-corrected chi connectivity index (χ3v) is 3.78. The molecule has 0 aromatic heterocycles. The van der Waals surface area contributed by atoms with Crippen molar-refractivity contribution in [2.75, 3.05) is 18.5 Å². The van der Waals surface area contributed by atoms with E-state index in [1.807, 2.05) is 0 Å². The van der Waals surface area contributed by atoms with Crippen LogP contribution in [0.2, 0.25) is 0 Å². The molecule has 0 bridgehead atoms. The fourth-order valence-corrected chi connectivity index (χ4v) is 2.58. The molecule has 0 saturated carbocycles. The summed E-state index contributed by atoms with van der Waals surface area (Å²) in [5, 5.41) is 3.13. The minimum atomic E-state index is 0.00312. The fourth-order valence-electron chi connectivity index (χ4n) is 2.58. The normalized spacial score (nSPS) is 19.2. The number of amides is 1. The average Bonchev–Trinajstić information content (AvgIpc) is 2.48. The highest BCUT2D eigenvalue weighted by molar-refractivity contribution is 5.94. The van der Waals surface area contributed by atoms with Crippen LogP contribution >= 0.6 is 0 Å². The van der Waals surface area contributed by atoms with E-state index >= 15 is 0 Å². The Morgan fingerprint density at radius 3 is 2.53 bits per heavy atom. The Balaban J connectivity index is 2.15. The summed E-state index contributed by atoms with van der Waals surface area (Å²) in [6.07, 6.45) is 3.78. The van der Waals surface area contributed by atoms with E-state index in [4.69, 9.17) is 4.74 Å². The molecule has 1 aliphatic heterocycles. The van der Waals surface area contributed by atoms with Crippen LogP contribution < -0.4 is 5.32 Å². The predicted octanol–water partition coefficient (Wildman–Crippen LogP) is 3.18. The Morgan fingerprint density at radius 2 is 2.00 bits per heavy atom. The van der Waals surface area contributed by atoms with Crippen LogP contribution in [-0.4, -0.2) is 19.1 Å². The first-order valence-electron chi connectivity index (χ1n) is 7.25. The maximum Gasteiger partial charge on any atom is 0.229 e. The van der Waals surface area contributed by atoms with Gasteiger partial charge in [0.25, 0.3) is 0 Å². The minimum absolute atomic E-state index is 0.00312. The first-order chi connectivity index (χ1) is 9.26. The Hall–Kier alpha value is -1.35. The Morgan fingerprint density at radius 1 is 1.32 bits per heavy atom. The molecule has 1 amide bonds. The summed E-state index contributed by atoms with van der Waals surface area (Å²) in [7, 11) is 0. The van der Waals surface area contributed by atoms with E-state index in [0.717, 1.165) is 38.0 Å². The van der Waals surface area contributed by atoms with Gasteiger partial charge in [-0.05, 0) is 36.8 Å². The lowest BCUT2D eigenvalue weighted by molar-refractivity contribution is -0.123. The number of nitrogens with one attached hydrogen (secondary N) is 1. The maximum absolute atomic E-state index is 12.3. The van der Waals surface area contributed by atoms with Gasteiger partial charge in [0.2, 0.25) is 5.91 Å². The second-order valence-electron chi connectivity index (χ2n) is 5.06. The van der Waals surface area contributed by atoms with Crippen LogP contribution in [0.3, 0.4) is 0 Å². The summed E-state index contributed by atoms with van der Waals surface area (Å²) >= 11 is 0. The van der Waals surface area contributed by atoms with Gasteiger partial charge in [0.15, 0.2) is 0 Å². The van der Waals surface area contributed by atoms with Crippen molar-refractivity contribution in [1.82, 2.24) is 0 Å². The molecule has 3 nitrogen and oxygen atoms in total. The summed E-state index contributed by atoms with van der Waals surface area (Å²) in [6, 6.07) is 6.25. The van der Waals surface area contributed by atoms with Crippen molar-refractivity contribution in [3.05, 3.63) is 29.3 Å². The monoisotopic (exact) mass is 261 g/mol. The molecule has 1 aromatic carbocycles. The van der Waals surface area contributed by atoms with Crippen LogP contribution in [0.15, 0.2) is 18.2 Å². The van der Waals surface area contributed by atoms with Crippen molar-refractivity contribution in [1.29, 1.82) is 0 Å². The smallest absolute Gasteiger partial charge is 0.229 e. The first kappa shape index (κ1) is 14.1. The minimum Gasteiger partial charge on any atom is -0.381 e. The van der Waals surface area contributed by atoms with E-state index in [2.05, 4.69) is 37.4 Å². The van der Waals surface area contributed by atoms with Crippen LogP contribution in [-0.2, 0) is 22.4 Å². The van der Waals surface area contributed by atoms with E-state index in [9.17, 15) is 4.79 Å². The highest BCUT2D eigenvalue weighted by Gasteiger charge is 2.22. The van der Waals surface area contributed by atoms with Crippen molar-refractivity contribution in [2.45, 2.75) is 39.5 Å². The third-order valence-electron chi connectivity index (χ3n) is 3.78. The molecule has 2 rings (SSSR count). The molecule has 1 aliphatic rings. The summed E-state index contributed by atoms with van der Waals surface area (Å²) in [4.78, 5) is 12.3. The molecule has 0 radical (unpaired) electrons. The Kier molecular flexibility index (Phi) is 4.97. The molecular weight excluding hydrogens is 238 g/mol. The quantitative estimate of drug-likeness (QED) is 0.904. The maximum atomic E-state index is 12.3. The molecule has 1 aromatic rings. The standard InChI is InChI=1S/C16H23NO2/c1-3-12-7-5-8-13(4-2)15(12)17-16(18)14-9-6-10-19-11-14/h5,7-8,14H,3-4,6,9-11H2,1-2H3,(H,17,18). The first-order valence-corrected chi connectivity index (χ1v) is 7.25. The Bertz CT molecular complexity index is 414. The van der Waals surface area contributed by atoms with Gasteiger partial charge in [-0.3, -0.25) is 4.79 Å². The molecule has 3 heteroatoms. The lowest BCUT2D eigenvalue weighted by atomic mass is 9.99. The van der Waals surface area contributed by atoms with Crippen LogP contribution in [0, 0.1) is 5.92 Å². The molecule has 19 heavy (non-hydrogen) atoms. The number of anilines is 1. The second-order valence-corrected chi connectivity index (χ2v) is 5.06. The van der Waals surface area contributed by atoms with E-state index in [-0.39, 0.29) is 11.8 Å². The molecular formula is C16H23NO2. The number of ether oxygens (including phenoxy) is 1. The van der Waals surface area contributed by atoms with Gasteiger partial charge in [0, 0.05) is 12.3 Å².